The molecule has 0 spiro atoms. The second-order valence-corrected chi connectivity index (χ2v) is 12.6. The number of nitrogens with zero attached hydrogens (tertiary/aromatic N) is 2. The lowest BCUT2D eigenvalue weighted by Crippen LogP contribution is -2.09. The Morgan fingerprint density at radius 1 is 0.500 bits per heavy atom. The molecule has 0 amide bonds. The molecule has 5 aromatic carbocycles. The summed E-state index contributed by atoms with van der Waals surface area (Å²) in [5, 5.41) is 0. The van der Waals surface area contributed by atoms with Gasteiger partial charge in [-0.15, -0.1) is 0 Å². The van der Waals surface area contributed by atoms with Gasteiger partial charge in [-0.3, -0.25) is 9.98 Å². The summed E-state index contributed by atoms with van der Waals surface area (Å²) >= 11 is 14.0. The van der Waals surface area contributed by atoms with Crippen LogP contribution < -0.4 is 9.47 Å². The van der Waals surface area contributed by atoms with Gasteiger partial charge in [-0.2, -0.15) is 0 Å². The van der Waals surface area contributed by atoms with E-state index >= 15 is 0 Å². The Balaban J connectivity index is 1.22. The van der Waals surface area contributed by atoms with Crippen molar-refractivity contribution in [2.75, 3.05) is 0 Å². The van der Waals surface area contributed by atoms with Crippen molar-refractivity contribution in [1.29, 1.82) is 0 Å². The molecule has 0 aliphatic rings. The highest BCUT2D eigenvalue weighted by Crippen LogP contribution is 2.36. The average Bonchev–Trinajstić information content (AvgIpc) is 3.03. The van der Waals surface area contributed by atoms with Crippen LogP contribution in [0.4, 0.5) is 11.4 Å². The van der Waals surface area contributed by atoms with Gasteiger partial charge in [0.05, 0.1) is 40.4 Å². The van der Waals surface area contributed by atoms with E-state index in [1.165, 1.54) is 0 Å². The molecule has 0 radical (unpaired) electrons. The average molecular weight is 840 g/mol. The van der Waals surface area contributed by atoms with Gasteiger partial charge in [0.2, 0.25) is 0 Å². The van der Waals surface area contributed by atoms with Gasteiger partial charge in [-0.25, -0.2) is 9.59 Å². The molecular formula is C34H20Br4N2O4. The molecule has 0 fully saturated rings. The van der Waals surface area contributed by atoms with Gasteiger partial charge in [-0.1, -0.05) is 36.4 Å². The van der Waals surface area contributed by atoms with E-state index < -0.39 is 11.9 Å². The summed E-state index contributed by atoms with van der Waals surface area (Å²) in [4.78, 5) is 34.1. The topological polar surface area (TPSA) is 77.3 Å². The van der Waals surface area contributed by atoms with E-state index in [-0.39, 0.29) is 0 Å². The Hall–Kier alpha value is -3.70. The molecule has 0 bridgehead atoms. The second-order valence-electron chi connectivity index (χ2n) is 9.17. The van der Waals surface area contributed by atoms with Crippen LogP contribution in [0.3, 0.4) is 0 Å². The molecule has 0 atom stereocenters. The maximum Gasteiger partial charge on any atom is 0.343 e. The first-order valence-electron chi connectivity index (χ1n) is 13.0. The van der Waals surface area contributed by atoms with Crippen molar-refractivity contribution >= 4 is 99.5 Å². The third kappa shape index (κ3) is 8.26. The summed E-state index contributed by atoms with van der Waals surface area (Å²) in [6.45, 7) is 0. The van der Waals surface area contributed by atoms with Crippen molar-refractivity contribution in [3.05, 3.63) is 149 Å². The highest BCUT2D eigenvalue weighted by atomic mass is 79.9. The fourth-order valence-corrected chi connectivity index (χ4v) is 6.65. The molecule has 0 saturated heterocycles. The van der Waals surface area contributed by atoms with E-state index in [4.69, 9.17) is 9.47 Å². The Morgan fingerprint density at radius 2 is 0.818 bits per heavy atom. The van der Waals surface area contributed by atoms with Gasteiger partial charge in [0.25, 0.3) is 0 Å². The highest BCUT2D eigenvalue weighted by Gasteiger charge is 2.16. The van der Waals surface area contributed by atoms with Crippen LogP contribution in [0.25, 0.3) is 0 Å². The number of aliphatic imine (C=N–C) groups is 2. The van der Waals surface area contributed by atoms with Gasteiger partial charge < -0.3 is 9.47 Å². The molecule has 0 unspecified atom stereocenters. The zero-order valence-corrected chi connectivity index (χ0v) is 28.9. The quantitative estimate of drug-likeness (QED) is 0.0886. The van der Waals surface area contributed by atoms with Gasteiger partial charge in [0, 0.05) is 12.4 Å². The number of benzene rings is 5. The molecule has 0 heterocycles. The molecule has 0 N–H and O–H groups in total. The van der Waals surface area contributed by atoms with E-state index in [1.807, 2.05) is 60.7 Å². The van der Waals surface area contributed by atoms with Crippen molar-refractivity contribution in [2.24, 2.45) is 9.98 Å². The molecule has 0 saturated carbocycles. The minimum atomic E-state index is -0.446. The van der Waals surface area contributed by atoms with Crippen LogP contribution in [-0.2, 0) is 0 Å². The largest absolute Gasteiger partial charge is 0.421 e. The summed E-state index contributed by atoms with van der Waals surface area (Å²) in [5.41, 5.74) is 4.02. The first kappa shape index (κ1) is 31.7. The minimum Gasteiger partial charge on any atom is -0.421 e. The first-order chi connectivity index (χ1) is 21.3. The van der Waals surface area contributed by atoms with Crippen molar-refractivity contribution in [1.82, 2.24) is 0 Å². The maximum absolute atomic E-state index is 12.5. The Kier molecular flexibility index (Phi) is 10.7. The number of esters is 2. The number of carbonyl (C=O) groups is 2. The fraction of sp³-hybridized carbons (Fsp3) is 0. The highest BCUT2D eigenvalue weighted by molar-refractivity contribution is 9.11. The number of hydrogen-bond donors (Lipinski definition) is 0. The first-order valence-corrected chi connectivity index (χ1v) is 16.1. The number of halogens is 4. The van der Waals surface area contributed by atoms with E-state index in [0.29, 0.717) is 40.5 Å². The molecule has 0 aliphatic carbocycles. The zero-order valence-electron chi connectivity index (χ0n) is 22.6. The van der Waals surface area contributed by atoms with Crippen LogP contribution in [0.2, 0.25) is 0 Å². The van der Waals surface area contributed by atoms with Crippen LogP contribution in [0.5, 0.6) is 11.5 Å². The Morgan fingerprint density at radius 3 is 1.14 bits per heavy atom. The smallest absolute Gasteiger partial charge is 0.343 e. The normalized spacial score (nSPS) is 11.2. The van der Waals surface area contributed by atoms with Crippen LogP contribution in [0.1, 0.15) is 31.8 Å². The predicted octanol–water partition coefficient (Wildman–Crippen LogP) is 10.7. The summed E-state index contributed by atoms with van der Waals surface area (Å²) in [6.07, 6.45) is 3.44. The van der Waals surface area contributed by atoms with Crippen molar-refractivity contribution in [2.45, 2.75) is 0 Å². The fourth-order valence-electron chi connectivity index (χ4n) is 3.88. The minimum absolute atomic E-state index is 0.389. The summed E-state index contributed by atoms with van der Waals surface area (Å²) in [7, 11) is 0. The standard InChI is InChI=1S/C34H20Br4N2O4/c35-27-15-21(16-28(36)31(27)43-33(41)23-7-3-1-4-8-23)19-39-25-11-13-26(14-12-25)40-20-22-17-29(37)32(30(38)18-22)44-34(42)24-9-5-2-6-10-24/h1-20H. The van der Waals surface area contributed by atoms with Crippen LogP contribution in [0, 0.1) is 0 Å². The molecule has 218 valence electrons. The molecule has 6 nitrogen and oxygen atoms in total. The Labute approximate surface area is 287 Å². The van der Waals surface area contributed by atoms with Crippen LogP contribution >= 0.6 is 63.7 Å². The van der Waals surface area contributed by atoms with Crippen molar-refractivity contribution in [3.8, 4) is 11.5 Å². The lowest BCUT2D eigenvalue weighted by molar-refractivity contribution is 0.0722. The van der Waals surface area contributed by atoms with Gasteiger partial charge in [-0.05, 0) is 148 Å². The summed E-state index contributed by atoms with van der Waals surface area (Å²) in [5.74, 6) is -0.115. The van der Waals surface area contributed by atoms with Gasteiger partial charge >= 0.3 is 11.9 Å². The molecule has 0 aromatic heterocycles. The lowest BCUT2D eigenvalue weighted by atomic mass is 10.2. The number of rotatable bonds is 8. The second kappa shape index (κ2) is 14.9. The molecule has 44 heavy (non-hydrogen) atoms. The van der Waals surface area contributed by atoms with Gasteiger partial charge in [0.1, 0.15) is 0 Å². The maximum atomic E-state index is 12.5. The van der Waals surface area contributed by atoms with Crippen molar-refractivity contribution in [3.63, 3.8) is 0 Å². The number of ether oxygens (including phenoxy) is 2. The number of carbonyl (C=O) groups excluding carboxylic acids is 2. The number of hydrogen-bond acceptors (Lipinski definition) is 6. The zero-order chi connectivity index (χ0) is 31.1. The van der Waals surface area contributed by atoms with Crippen LogP contribution in [-0.4, -0.2) is 24.4 Å². The van der Waals surface area contributed by atoms with E-state index in [1.54, 1.807) is 61.0 Å². The van der Waals surface area contributed by atoms with E-state index in [2.05, 4.69) is 73.7 Å². The van der Waals surface area contributed by atoms with Gasteiger partial charge in [0.15, 0.2) is 11.5 Å². The molecular weight excluding hydrogens is 820 g/mol. The summed E-state index contributed by atoms with van der Waals surface area (Å²) < 4.78 is 13.6. The lowest BCUT2D eigenvalue weighted by Gasteiger charge is -2.10. The SMILES string of the molecule is O=C(Oc1c(Br)cc(C=Nc2ccc(N=Cc3cc(Br)c(OC(=O)c4ccccc4)c(Br)c3)cc2)cc1Br)c1ccccc1. The molecule has 5 rings (SSSR count). The monoisotopic (exact) mass is 836 g/mol. The summed E-state index contributed by atoms with van der Waals surface area (Å²) in [6, 6.07) is 32.3. The third-order valence-corrected chi connectivity index (χ3v) is 8.38. The third-order valence-electron chi connectivity index (χ3n) is 6.02. The molecule has 0 aliphatic heterocycles. The van der Waals surface area contributed by atoms with Crippen LogP contribution in [0.15, 0.2) is 137 Å². The molecule has 5 aromatic rings. The molecule has 10 heteroatoms. The van der Waals surface area contributed by atoms with E-state index in [9.17, 15) is 9.59 Å². The Bertz CT molecular complexity index is 1690. The van der Waals surface area contributed by atoms with E-state index in [0.717, 1.165) is 22.5 Å². The van der Waals surface area contributed by atoms with Crippen molar-refractivity contribution < 1.29 is 19.1 Å². The predicted molar refractivity (Wildman–Crippen MR) is 187 cm³/mol.